The van der Waals surface area contributed by atoms with Crippen LogP contribution in [0.15, 0.2) is 34.9 Å². The van der Waals surface area contributed by atoms with E-state index in [0.29, 0.717) is 18.9 Å². The molecule has 2 aromatic rings. The number of nitrogens with one attached hydrogen (secondary N) is 1. The molecule has 2 amide bonds. The van der Waals surface area contributed by atoms with Gasteiger partial charge in [-0.25, -0.2) is 0 Å². The van der Waals surface area contributed by atoms with E-state index >= 15 is 0 Å². The molecule has 8 nitrogen and oxygen atoms in total. The Morgan fingerprint density at radius 2 is 2.00 bits per heavy atom. The average Bonchev–Trinajstić information content (AvgIpc) is 3.43. The fourth-order valence-electron chi connectivity index (χ4n) is 4.14. The number of nitrogens with zero attached hydrogens (tertiary/aromatic N) is 2. The molecule has 4 rings (SSSR count). The fourth-order valence-corrected chi connectivity index (χ4v) is 4.84. The van der Waals surface area contributed by atoms with Crippen molar-refractivity contribution in [1.82, 2.24) is 5.16 Å². The van der Waals surface area contributed by atoms with E-state index < -0.39 is 33.4 Å². The molecule has 0 spiro atoms. The van der Waals surface area contributed by atoms with Crippen molar-refractivity contribution >= 4 is 39.3 Å². The van der Waals surface area contributed by atoms with Gasteiger partial charge in [0.25, 0.3) is 5.91 Å². The summed E-state index contributed by atoms with van der Waals surface area (Å²) in [6.45, 7) is 4.85. The van der Waals surface area contributed by atoms with Crippen molar-refractivity contribution in [3.63, 3.8) is 0 Å². The van der Waals surface area contributed by atoms with Gasteiger partial charge >= 0.3 is 6.18 Å². The van der Waals surface area contributed by atoms with Gasteiger partial charge in [-0.05, 0) is 49.9 Å². The quantitative estimate of drug-likeness (QED) is 0.353. The Balaban J connectivity index is 1.45. The standard InChI is InChI=1S/C24H27BrF3N3O5/c1-22(2,14-35-20-5-3-4-12-34-20)17-13-18(36-30-17)29-21(33)23(25)11-10-19(32)31(23)16-8-6-15(7-9-16)24(26,27)28/h6-9,13,20H,3-5,10-12,14H2,1-2H3,(H,29,33). The lowest BCUT2D eigenvalue weighted by Gasteiger charge is -2.31. The van der Waals surface area contributed by atoms with E-state index in [1.165, 1.54) is 12.1 Å². The molecule has 2 aliphatic heterocycles. The van der Waals surface area contributed by atoms with Gasteiger partial charge < -0.3 is 14.0 Å². The third kappa shape index (κ3) is 5.60. The fraction of sp³-hybridized carbons (Fsp3) is 0.542. The van der Waals surface area contributed by atoms with E-state index in [1.807, 2.05) is 13.8 Å². The molecule has 1 aromatic carbocycles. The van der Waals surface area contributed by atoms with Crippen molar-refractivity contribution in [1.29, 1.82) is 0 Å². The maximum absolute atomic E-state index is 13.2. The van der Waals surface area contributed by atoms with Gasteiger partial charge in [0.1, 0.15) is 0 Å². The molecular formula is C24H27BrF3N3O5. The third-order valence-electron chi connectivity index (χ3n) is 6.28. The number of carbonyl (C=O) groups is 2. The van der Waals surface area contributed by atoms with Crippen LogP contribution in [0.5, 0.6) is 0 Å². The molecular weight excluding hydrogens is 547 g/mol. The first-order valence-electron chi connectivity index (χ1n) is 11.6. The van der Waals surface area contributed by atoms with Crippen LogP contribution in [-0.2, 0) is 30.7 Å². The van der Waals surface area contributed by atoms with Gasteiger partial charge in [-0.15, -0.1) is 0 Å². The summed E-state index contributed by atoms with van der Waals surface area (Å²) >= 11 is 3.36. The van der Waals surface area contributed by atoms with Crippen molar-refractivity contribution in [3.05, 3.63) is 41.6 Å². The molecule has 1 aromatic heterocycles. The van der Waals surface area contributed by atoms with Gasteiger partial charge in [0, 0.05) is 30.2 Å². The van der Waals surface area contributed by atoms with Crippen LogP contribution in [0.25, 0.3) is 0 Å². The lowest BCUT2D eigenvalue weighted by atomic mass is 9.90. The highest BCUT2D eigenvalue weighted by Crippen LogP contribution is 2.42. The summed E-state index contributed by atoms with van der Waals surface area (Å²) < 4.78 is 54.1. The number of alkyl halides is 4. The first kappa shape index (κ1) is 26.6. The minimum absolute atomic E-state index is 0.0367. The zero-order valence-corrected chi connectivity index (χ0v) is 21.4. The molecule has 0 radical (unpaired) electrons. The van der Waals surface area contributed by atoms with Gasteiger partial charge in [-0.2, -0.15) is 13.2 Å². The van der Waals surface area contributed by atoms with Gasteiger partial charge in [0.15, 0.2) is 10.7 Å². The number of rotatable bonds is 7. The van der Waals surface area contributed by atoms with E-state index in [4.69, 9.17) is 14.0 Å². The first-order valence-corrected chi connectivity index (χ1v) is 12.4. The Kier molecular flexibility index (Phi) is 7.50. The number of hydrogen-bond acceptors (Lipinski definition) is 6. The Morgan fingerprint density at radius 1 is 1.28 bits per heavy atom. The number of ether oxygens (including phenoxy) is 2. The van der Waals surface area contributed by atoms with Crippen molar-refractivity contribution in [2.24, 2.45) is 0 Å². The molecule has 0 aliphatic carbocycles. The maximum atomic E-state index is 13.2. The highest BCUT2D eigenvalue weighted by Gasteiger charge is 2.50. The van der Waals surface area contributed by atoms with Crippen LogP contribution >= 0.6 is 15.9 Å². The predicted molar refractivity (Wildman–Crippen MR) is 128 cm³/mol. The number of amides is 2. The SMILES string of the molecule is CC(C)(COC1CCCCO1)c1cc(NC(=O)C2(Br)CCC(=O)N2c2ccc(C(F)(F)F)cc2)on1. The number of carbonyl (C=O) groups excluding carboxylic acids is 2. The zero-order valence-electron chi connectivity index (χ0n) is 19.9. The van der Waals surface area contributed by atoms with Crippen LogP contribution in [0.2, 0.25) is 0 Å². The number of benzene rings is 1. The average molecular weight is 574 g/mol. The number of hydrogen-bond donors (Lipinski definition) is 1. The van der Waals surface area contributed by atoms with E-state index in [1.54, 1.807) is 6.07 Å². The van der Waals surface area contributed by atoms with E-state index in [2.05, 4.69) is 26.4 Å². The summed E-state index contributed by atoms with van der Waals surface area (Å²) in [6, 6.07) is 5.66. The Hall–Kier alpha value is -2.44. The van der Waals surface area contributed by atoms with E-state index in [0.717, 1.165) is 36.3 Å². The Bertz CT molecular complexity index is 1100. The van der Waals surface area contributed by atoms with Gasteiger partial charge in [0.2, 0.25) is 11.8 Å². The minimum Gasteiger partial charge on any atom is -0.353 e. The molecule has 2 fully saturated rings. The minimum atomic E-state index is -4.51. The number of halogens is 4. The predicted octanol–water partition coefficient (Wildman–Crippen LogP) is 5.37. The topological polar surface area (TPSA) is 93.9 Å². The van der Waals surface area contributed by atoms with Crippen molar-refractivity contribution in [3.8, 4) is 0 Å². The summed E-state index contributed by atoms with van der Waals surface area (Å²) in [5.41, 5.74) is -0.661. The molecule has 0 bridgehead atoms. The van der Waals surface area contributed by atoms with Gasteiger partial charge in [-0.3, -0.25) is 19.8 Å². The van der Waals surface area contributed by atoms with Crippen LogP contribution in [0.3, 0.4) is 0 Å². The second kappa shape index (κ2) is 10.1. The molecule has 2 aliphatic rings. The lowest BCUT2D eigenvalue weighted by Crippen LogP contribution is -2.50. The number of anilines is 2. The molecule has 3 heterocycles. The number of aromatic nitrogens is 1. The largest absolute Gasteiger partial charge is 0.416 e. The Labute approximate surface area is 214 Å². The first-order chi connectivity index (χ1) is 16.9. The summed E-state index contributed by atoms with van der Waals surface area (Å²) in [7, 11) is 0. The van der Waals surface area contributed by atoms with E-state index in [-0.39, 0.29) is 30.7 Å². The molecule has 1 N–H and O–H groups in total. The summed E-state index contributed by atoms with van der Waals surface area (Å²) in [6.07, 6.45) is -1.72. The molecule has 196 valence electrons. The highest BCUT2D eigenvalue weighted by atomic mass is 79.9. The summed E-state index contributed by atoms with van der Waals surface area (Å²) in [4.78, 5) is 27.0. The third-order valence-corrected chi connectivity index (χ3v) is 7.39. The molecule has 12 heteroatoms. The monoisotopic (exact) mass is 573 g/mol. The maximum Gasteiger partial charge on any atom is 0.416 e. The molecule has 36 heavy (non-hydrogen) atoms. The van der Waals surface area contributed by atoms with Gasteiger partial charge in [0.05, 0.1) is 17.9 Å². The van der Waals surface area contributed by atoms with Crippen LogP contribution in [0.4, 0.5) is 24.7 Å². The molecule has 2 atom stereocenters. The second-order valence-corrected chi connectivity index (χ2v) is 10.9. The molecule has 2 saturated heterocycles. The molecule has 2 unspecified atom stereocenters. The normalized spacial score (nSPS) is 23.2. The van der Waals surface area contributed by atoms with Crippen LogP contribution < -0.4 is 10.2 Å². The van der Waals surface area contributed by atoms with Crippen molar-refractivity contribution in [2.45, 2.75) is 68.3 Å². The van der Waals surface area contributed by atoms with Crippen molar-refractivity contribution < 1.29 is 36.8 Å². The zero-order chi connectivity index (χ0) is 26.1. The lowest BCUT2D eigenvalue weighted by molar-refractivity contribution is -0.170. The van der Waals surface area contributed by atoms with Crippen molar-refractivity contribution in [2.75, 3.05) is 23.4 Å². The van der Waals surface area contributed by atoms with E-state index in [9.17, 15) is 22.8 Å². The summed E-state index contributed by atoms with van der Waals surface area (Å²) in [5, 5.41) is 6.69. The Morgan fingerprint density at radius 3 is 2.64 bits per heavy atom. The van der Waals surface area contributed by atoms with Crippen LogP contribution in [0, 0.1) is 0 Å². The van der Waals surface area contributed by atoms with Crippen LogP contribution in [0.1, 0.15) is 57.2 Å². The van der Waals surface area contributed by atoms with Crippen LogP contribution in [-0.4, -0.2) is 40.9 Å². The summed E-state index contributed by atoms with van der Waals surface area (Å²) in [5.74, 6) is -0.939. The van der Waals surface area contributed by atoms with Gasteiger partial charge in [-0.1, -0.05) is 34.9 Å². The smallest absolute Gasteiger partial charge is 0.353 e. The molecule has 0 saturated carbocycles. The highest BCUT2D eigenvalue weighted by molar-refractivity contribution is 9.10. The second-order valence-electron chi connectivity index (χ2n) is 9.55.